The lowest BCUT2D eigenvalue weighted by Gasteiger charge is -2.02. The summed E-state index contributed by atoms with van der Waals surface area (Å²) in [6.45, 7) is 2.08. The Labute approximate surface area is 115 Å². The van der Waals surface area contributed by atoms with Gasteiger partial charge in [-0.1, -0.05) is 72.3 Å². The highest BCUT2D eigenvalue weighted by Gasteiger charge is 1.95. The van der Waals surface area contributed by atoms with Crippen LogP contribution in [0, 0.1) is 0 Å². The summed E-state index contributed by atoms with van der Waals surface area (Å²) in [7, 11) is 0. The fraction of sp³-hybridized carbons (Fsp3) is 0.111. The maximum atomic E-state index is 6.09. The molecule has 0 aliphatic heterocycles. The van der Waals surface area contributed by atoms with E-state index in [9.17, 15) is 0 Å². The highest BCUT2D eigenvalue weighted by molar-refractivity contribution is 5.65. The minimum Gasteiger partial charge on any atom is -0.398 e. The van der Waals surface area contributed by atoms with Crippen LogP contribution in [0.4, 0.5) is 0 Å². The van der Waals surface area contributed by atoms with Crippen LogP contribution in [0.2, 0.25) is 0 Å². The lowest BCUT2D eigenvalue weighted by Crippen LogP contribution is -1.96. The second-order valence-corrected chi connectivity index (χ2v) is 4.60. The Morgan fingerprint density at radius 1 is 0.947 bits per heavy atom. The van der Waals surface area contributed by atoms with E-state index in [0.29, 0.717) is 0 Å². The van der Waals surface area contributed by atoms with Crippen LogP contribution in [0.5, 0.6) is 0 Å². The molecule has 1 nitrogen and oxygen atoms in total. The van der Waals surface area contributed by atoms with Gasteiger partial charge in [0.05, 0.1) is 0 Å². The molecule has 0 radical (unpaired) electrons. The Balaban J connectivity index is 2.06. The Kier molecular flexibility index (Phi) is 4.57. The van der Waals surface area contributed by atoms with Gasteiger partial charge in [-0.05, 0) is 30.5 Å². The SMILES string of the molecule is CC(=C/Cc1ccccc1)/C=C(\N)c1ccccc1. The zero-order valence-corrected chi connectivity index (χ0v) is 11.2. The molecule has 0 amide bonds. The molecule has 0 saturated carbocycles. The second-order valence-electron chi connectivity index (χ2n) is 4.60. The summed E-state index contributed by atoms with van der Waals surface area (Å²) < 4.78 is 0. The molecule has 0 aliphatic rings. The summed E-state index contributed by atoms with van der Waals surface area (Å²) >= 11 is 0. The Morgan fingerprint density at radius 3 is 2.16 bits per heavy atom. The number of hydrogen-bond donors (Lipinski definition) is 1. The normalized spacial score (nSPS) is 12.5. The first-order valence-corrected chi connectivity index (χ1v) is 6.49. The summed E-state index contributed by atoms with van der Waals surface area (Å²) in [5.74, 6) is 0. The van der Waals surface area contributed by atoms with Gasteiger partial charge < -0.3 is 5.73 Å². The fourth-order valence-electron chi connectivity index (χ4n) is 1.91. The van der Waals surface area contributed by atoms with Crippen molar-refractivity contribution in [1.29, 1.82) is 0 Å². The predicted octanol–water partition coefficient (Wildman–Crippen LogP) is 4.18. The molecule has 0 bridgehead atoms. The smallest absolute Gasteiger partial charge is 0.0390 e. The molecule has 2 aromatic rings. The van der Waals surface area contributed by atoms with E-state index < -0.39 is 0 Å². The minimum absolute atomic E-state index is 0.808. The third-order valence-electron chi connectivity index (χ3n) is 2.99. The van der Waals surface area contributed by atoms with Gasteiger partial charge in [-0.3, -0.25) is 0 Å². The lowest BCUT2D eigenvalue weighted by molar-refractivity contribution is 1.24. The Bertz CT molecular complexity index is 565. The van der Waals surface area contributed by atoms with E-state index in [2.05, 4.69) is 37.3 Å². The zero-order chi connectivity index (χ0) is 13.5. The van der Waals surface area contributed by atoms with Crippen molar-refractivity contribution in [3.8, 4) is 0 Å². The van der Waals surface area contributed by atoms with E-state index in [1.165, 1.54) is 11.1 Å². The van der Waals surface area contributed by atoms with Crippen molar-refractivity contribution in [3.63, 3.8) is 0 Å². The number of allylic oxidation sites excluding steroid dienone is 3. The van der Waals surface area contributed by atoms with Crippen LogP contribution in [0.25, 0.3) is 5.70 Å². The topological polar surface area (TPSA) is 26.0 Å². The van der Waals surface area contributed by atoms with Crippen molar-refractivity contribution >= 4 is 5.70 Å². The molecule has 0 saturated heterocycles. The lowest BCUT2D eigenvalue weighted by atomic mass is 10.1. The summed E-state index contributed by atoms with van der Waals surface area (Å²) in [4.78, 5) is 0. The Morgan fingerprint density at radius 2 is 1.53 bits per heavy atom. The van der Waals surface area contributed by atoms with Crippen LogP contribution in [-0.2, 0) is 6.42 Å². The van der Waals surface area contributed by atoms with Gasteiger partial charge in [-0.25, -0.2) is 0 Å². The van der Waals surface area contributed by atoms with Crippen LogP contribution >= 0.6 is 0 Å². The summed E-state index contributed by atoms with van der Waals surface area (Å²) in [6.07, 6.45) is 5.16. The average molecular weight is 249 g/mol. The highest BCUT2D eigenvalue weighted by Crippen LogP contribution is 2.11. The molecule has 0 unspecified atom stereocenters. The molecule has 1 heteroatoms. The van der Waals surface area contributed by atoms with Gasteiger partial charge in [0.25, 0.3) is 0 Å². The van der Waals surface area contributed by atoms with Gasteiger partial charge in [0.2, 0.25) is 0 Å². The van der Waals surface area contributed by atoms with E-state index in [-0.39, 0.29) is 0 Å². The molecule has 0 fully saturated rings. The predicted molar refractivity (Wildman–Crippen MR) is 82.5 cm³/mol. The van der Waals surface area contributed by atoms with Gasteiger partial charge in [-0.2, -0.15) is 0 Å². The molecule has 0 aromatic heterocycles. The third-order valence-corrected chi connectivity index (χ3v) is 2.99. The molecule has 0 aliphatic carbocycles. The zero-order valence-electron chi connectivity index (χ0n) is 11.2. The average Bonchev–Trinajstić information content (AvgIpc) is 2.47. The van der Waals surface area contributed by atoms with Gasteiger partial charge in [-0.15, -0.1) is 0 Å². The Hall–Kier alpha value is -2.28. The number of rotatable bonds is 4. The quantitative estimate of drug-likeness (QED) is 0.808. The number of hydrogen-bond acceptors (Lipinski definition) is 1. The standard InChI is InChI=1S/C18H19N/c1-15(12-13-16-8-4-2-5-9-16)14-18(19)17-10-6-3-7-11-17/h2-12,14H,13,19H2,1H3/b15-12-,18-14-. The molecule has 0 spiro atoms. The van der Waals surface area contributed by atoms with Crippen molar-refractivity contribution in [3.05, 3.63) is 89.5 Å². The summed E-state index contributed by atoms with van der Waals surface area (Å²) in [5, 5.41) is 0. The van der Waals surface area contributed by atoms with Crippen LogP contribution in [0.15, 0.2) is 78.4 Å². The van der Waals surface area contributed by atoms with Crippen molar-refractivity contribution in [1.82, 2.24) is 0 Å². The van der Waals surface area contributed by atoms with Crippen molar-refractivity contribution < 1.29 is 0 Å². The van der Waals surface area contributed by atoms with Crippen LogP contribution in [0.3, 0.4) is 0 Å². The molecule has 96 valence electrons. The van der Waals surface area contributed by atoms with E-state index in [1.807, 2.05) is 42.5 Å². The molecule has 2 N–H and O–H groups in total. The number of benzene rings is 2. The molecule has 0 atom stereocenters. The molecular formula is C18H19N. The van der Waals surface area contributed by atoms with E-state index >= 15 is 0 Å². The first kappa shape index (κ1) is 13.2. The van der Waals surface area contributed by atoms with E-state index in [1.54, 1.807) is 0 Å². The molecular weight excluding hydrogens is 230 g/mol. The largest absolute Gasteiger partial charge is 0.398 e. The maximum Gasteiger partial charge on any atom is 0.0390 e. The third kappa shape index (κ3) is 4.14. The summed E-state index contributed by atoms with van der Waals surface area (Å²) in [6, 6.07) is 20.5. The second kappa shape index (κ2) is 6.60. The molecule has 0 heterocycles. The molecule has 19 heavy (non-hydrogen) atoms. The fourth-order valence-corrected chi connectivity index (χ4v) is 1.91. The first-order valence-electron chi connectivity index (χ1n) is 6.49. The van der Waals surface area contributed by atoms with E-state index in [0.717, 1.165) is 17.7 Å². The van der Waals surface area contributed by atoms with Crippen LogP contribution in [-0.4, -0.2) is 0 Å². The van der Waals surface area contributed by atoms with Crippen LogP contribution < -0.4 is 5.73 Å². The number of nitrogens with two attached hydrogens (primary N) is 1. The molecule has 2 aromatic carbocycles. The minimum atomic E-state index is 0.808. The van der Waals surface area contributed by atoms with Gasteiger partial charge in [0.1, 0.15) is 0 Å². The highest BCUT2D eigenvalue weighted by atomic mass is 14.6. The van der Waals surface area contributed by atoms with E-state index in [4.69, 9.17) is 5.73 Å². The van der Waals surface area contributed by atoms with Crippen molar-refractivity contribution in [2.45, 2.75) is 13.3 Å². The summed E-state index contributed by atoms with van der Waals surface area (Å²) in [5.41, 5.74) is 10.5. The van der Waals surface area contributed by atoms with Gasteiger partial charge >= 0.3 is 0 Å². The van der Waals surface area contributed by atoms with Gasteiger partial charge in [0.15, 0.2) is 0 Å². The maximum absolute atomic E-state index is 6.09. The van der Waals surface area contributed by atoms with Gasteiger partial charge in [0, 0.05) is 5.70 Å². The first-order chi connectivity index (χ1) is 9.25. The van der Waals surface area contributed by atoms with Crippen LogP contribution in [0.1, 0.15) is 18.1 Å². The monoisotopic (exact) mass is 249 g/mol. The van der Waals surface area contributed by atoms with Crippen molar-refractivity contribution in [2.24, 2.45) is 5.73 Å². The van der Waals surface area contributed by atoms with Crippen molar-refractivity contribution in [2.75, 3.05) is 0 Å². The molecule has 2 rings (SSSR count).